The van der Waals surface area contributed by atoms with Crippen LogP contribution in [0.1, 0.15) is 64.4 Å². The van der Waals surface area contributed by atoms with Crippen LogP contribution in [0.5, 0.6) is 5.75 Å². The largest absolute Gasteiger partial charge is 0.494 e. The molecule has 0 heterocycles. The molecule has 0 aliphatic rings. The van der Waals surface area contributed by atoms with Crippen molar-refractivity contribution in [3.05, 3.63) is 29.8 Å². The van der Waals surface area contributed by atoms with Gasteiger partial charge in [-0.05, 0) is 56.1 Å². The average Bonchev–Trinajstić information content (AvgIpc) is 2.50. The molecule has 0 saturated carbocycles. The lowest BCUT2D eigenvalue weighted by Crippen LogP contribution is -2.37. The van der Waals surface area contributed by atoms with Crippen molar-refractivity contribution in [3.63, 3.8) is 0 Å². The van der Waals surface area contributed by atoms with Crippen molar-refractivity contribution in [2.45, 2.75) is 70.8 Å². The first-order chi connectivity index (χ1) is 10.6. The highest BCUT2D eigenvalue weighted by molar-refractivity contribution is 7.80. The first kappa shape index (κ1) is 19.4. The van der Waals surface area contributed by atoms with E-state index in [2.05, 4.69) is 50.7 Å². The van der Waals surface area contributed by atoms with Gasteiger partial charge in [0.05, 0.1) is 6.61 Å². The summed E-state index contributed by atoms with van der Waals surface area (Å²) in [7, 11) is 0. The van der Waals surface area contributed by atoms with Gasteiger partial charge >= 0.3 is 0 Å². The molecule has 3 heteroatoms. The molecule has 1 aromatic rings. The molecule has 0 spiro atoms. The van der Waals surface area contributed by atoms with Crippen molar-refractivity contribution in [1.29, 1.82) is 0 Å². The van der Waals surface area contributed by atoms with Crippen LogP contribution >= 0.6 is 12.6 Å². The first-order valence-corrected chi connectivity index (χ1v) is 9.32. The Balaban J connectivity index is 2.25. The van der Waals surface area contributed by atoms with Crippen LogP contribution in [0.3, 0.4) is 0 Å². The second-order valence-electron chi connectivity index (χ2n) is 6.53. The van der Waals surface area contributed by atoms with Crippen LogP contribution < -0.4 is 10.5 Å². The molecule has 126 valence electrons. The van der Waals surface area contributed by atoms with Gasteiger partial charge in [-0.15, -0.1) is 0 Å². The summed E-state index contributed by atoms with van der Waals surface area (Å²) in [4.78, 5) is 0. The van der Waals surface area contributed by atoms with Gasteiger partial charge in [0.2, 0.25) is 0 Å². The van der Waals surface area contributed by atoms with E-state index >= 15 is 0 Å². The maximum absolute atomic E-state index is 6.25. The van der Waals surface area contributed by atoms with Crippen LogP contribution in [0, 0.1) is 0 Å². The fourth-order valence-corrected chi connectivity index (χ4v) is 2.97. The second kappa shape index (κ2) is 11.0. The van der Waals surface area contributed by atoms with Gasteiger partial charge in [-0.3, -0.25) is 0 Å². The molecule has 0 aliphatic carbocycles. The van der Waals surface area contributed by atoms with Crippen molar-refractivity contribution in [1.82, 2.24) is 0 Å². The minimum Gasteiger partial charge on any atom is -0.494 e. The number of hydrogen-bond donors (Lipinski definition) is 2. The van der Waals surface area contributed by atoms with Gasteiger partial charge in [0.1, 0.15) is 5.75 Å². The number of ether oxygens (including phenoxy) is 1. The highest BCUT2D eigenvalue weighted by atomic mass is 32.1. The van der Waals surface area contributed by atoms with E-state index in [-0.39, 0.29) is 5.54 Å². The maximum atomic E-state index is 6.25. The smallest absolute Gasteiger partial charge is 0.119 e. The standard InChI is InChI=1S/C19H33NOS/c1-3-4-5-6-7-15-21-18-10-8-17(9-11-18)12-13-19(2,20)14-16-22/h8-11,22H,3-7,12-16,20H2,1-2H3/t19-/m0/s1. The summed E-state index contributed by atoms with van der Waals surface area (Å²) >= 11 is 4.27. The summed E-state index contributed by atoms with van der Waals surface area (Å²) in [6.45, 7) is 5.18. The van der Waals surface area contributed by atoms with Gasteiger partial charge < -0.3 is 10.5 Å². The summed E-state index contributed by atoms with van der Waals surface area (Å²) in [5.74, 6) is 1.82. The second-order valence-corrected chi connectivity index (χ2v) is 6.98. The number of hydrogen-bond acceptors (Lipinski definition) is 3. The predicted octanol–water partition coefficient (Wildman–Crippen LogP) is 5.01. The zero-order chi connectivity index (χ0) is 16.3. The Morgan fingerprint density at radius 1 is 1.05 bits per heavy atom. The van der Waals surface area contributed by atoms with Crippen LogP contribution in [0.25, 0.3) is 0 Å². The van der Waals surface area contributed by atoms with Crippen molar-refractivity contribution in [2.24, 2.45) is 5.73 Å². The summed E-state index contributed by atoms with van der Waals surface area (Å²) in [5.41, 5.74) is 7.46. The number of unbranched alkanes of at least 4 members (excludes halogenated alkanes) is 4. The summed E-state index contributed by atoms with van der Waals surface area (Å²) in [5, 5.41) is 0. The number of nitrogens with two attached hydrogens (primary N) is 1. The fraction of sp³-hybridized carbons (Fsp3) is 0.684. The average molecular weight is 324 g/mol. The van der Waals surface area contributed by atoms with Gasteiger partial charge in [-0.2, -0.15) is 12.6 Å². The lowest BCUT2D eigenvalue weighted by Gasteiger charge is -2.23. The molecule has 0 aromatic heterocycles. The molecule has 0 amide bonds. The maximum Gasteiger partial charge on any atom is 0.119 e. The third-order valence-electron chi connectivity index (χ3n) is 4.11. The molecule has 0 aliphatic heterocycles. The summed E-state index contributed by atoms with van der Waals surface area (Å²) < 4.78 is 5.79. The predicted molar refractivity (Wildman–Crippen MR) is 100 cm³/mol. The van der Waals surface area contributed by atoms with Gasteiger partial charge in [0.15, 0.2) is 0 Å². The van der Waals surface area contributed by atoms with Gasteiger partial charge in [0, 0.05) is 5.54 Å². The number of benzene rings is 1. The van der Waals surface area contributed by atoms with Gasteiger partial charge in [0.25, 0.3) is 0 Å². The van der Waals surface area contributed by atoms with Crippen molar-refractivity contribution >= 4 is 12.6 Å². The molecule has 1 rings (SSSR count). The topological polar surface area (TPSA) is 35.2 Å². The quantitative estimate of drug-likeness (QED) is 0.419. The first-order valence-electron chi connectivity index (χ1n) is 8.69. The van der Waals surface area contributed by atoms with E-state index in [0.717, 1.165) is 43.8 Å². The lowest BCUT2D eigenvalue weighted by atomic mass is 9.92. The third-order valence-corrected chi connectivity index (χ3v) is 4.33. The molecule has 0 fully saturated rings. The van der Waals surface area contributed by atoms with E-state index in [9.17, 15) is 0 Å². The minimum absolute atomic E-state index is 0.116. The lowest BCUT2D eigenvalue weighted by molar-refractivity contribution is 0.304. The van der Waals surface area contributed by atoms with E-state index in [4.69, 9.17) is 10.5 Å². The SMILES string of the molecule is CCCCCCCOc1ccc(CC[C@](C)(N)CCS)cc1. The number of rotatable bonds is 12. The fourth-order valence-electron chi connectivity index (χ4n) is 2.46. The minimum atomic E-state index is -0.116. The van der Waals surface area contributed by atoms with E-state index in [1.165, 1.54) is 31.2 Å². The Hall–Kier alpha value is -0.670. The molecule has 0 bridgehead atoms. The molecular weight excluding hydrogens is 290 g/mol. The van der Waals surface area contributed by atoms with E-state index < -0.39 is 0 Å². The molecule has 22 heavy (non-hydrogen) atoms. The van der Waals surface area contributed by atoms with Crippen LogP contribution in [0.15, 0.2) is 24.3 Å². The Morgan fingerprint density at radius 3 is 2.36 bits per heavy atom. The third kappa shape index (κ3) is 8.70. The summed E-state index contributed by atoms with van der Waals surface area (Å²) in [6.07, 6.45) is 9.32. The molecule has 2 nitrogen and oxygen atoms in total. The van der Waals surface area contributed by atoms with Crippen molar-refractivity contribution < 1.29 is 4.74 Å². The van der Waals surface area contributed by atoms with Crippen molar-refractivity contribution in [2.75, 3.05) is 12.4 Å². The molecule has 1 aromatic carbocycles. The number of thiol groups is 1. The van der Waals surface area contributed by atoms with E-state index in [1.54, 1.807) is 0 Å². The molecular formula is C19H33NOS. The van der Waals surface area contributed by atoms with E-state index in [1.807, 2.05) is 0 Å². The molecule has 0 unspecified atom stereocenters. The van der Waals surface area contributed by atoms with E-state index in [0.29, 0.717) is 0 Å². The zero-order valence-corrected chi connectivity index (χ0v) is 15.2. The Labute approximate surface area is 142 Å². The normalized spacial score (nSPS) is 13.8. The van der Waals surface area contributed by atoms with Crippen LogP contribution in [-0.4, -0.2) is 17.9 Å². The highest BCUT2D eigenvalue weighted by Gasteiger charge is 2.16. The Bertz CT molecular complexity index is 389. The monoisotopic (exact) mass is 323 g/mol. The van der Waals surface area contributed by atoms with Crippen LogP contribution in [0.2, 0.25) is 0 Å². The van der Waals surface area contributed by atoms with Crippen LogP contribution in [-0.2, 0) is 6.42 Å². The molecule has 2 N–H and O–H groups in total. The van der Waals surface area contributed by atoms with Gasteiger partial charge in [-0.25, -0.2) is 0 Å². The van der Waals surface area contributed by atoms with Crippen LogP contribution in [0.4, 0.5) is 0 Å². The number of aryl methyl sites for hydroxylation is 1. The molecule has 0 radical (unpaired) electrons. The zero-order valence-electron chi connectivity index (χ0n) is 14.3. The molecule has 1 atom stereocenters. The van der Waals surface area contributed by atoms with Gasteiger partial charge in [-0.1, -0.05) is 44.7 Å². The van der Waals surface area contributed by atoms with Crippen molar-refractivity contribution in [3.8, 4) is 5.75 Å². The Kier molecular flexibility index (Phi) is 9.65. The Morgan fingerprint density at radius 2 is 1.73 bits per heavy atom. The molecule has 0 saturated heterocycles. The summed E-state index contributed by atoms with van der Waals surface area (Å²) in [6, 6.07) is 8.47. The highest BCUT2D eigenvalue weighted by Crippen LogP contribution is 2.18.